The summed E-state index contributed by atoms with van der Waals surface area (Å²) in [5.74, 6) is 0.270. The van der Waals surface area contributed by atoms with Crippen LogP contribution in [0.2, 0.25) is 0 Å². The first kappa shape index (κ1) is 14.8. The Morgan fingerprint density at radius 1 is 1.47 bits per heavy atom. The zero-order chi connectivity index (χ0) is 14.0. The van der Waals surface area contributed by atoms with Crippen molar-refractivity contribution < 1.29 is 9.53 Å². The molecular weight excluding hydrogens is 240 g/mol. The van der Waals surface area contributed by atoms with Crippen LogP contribution in [0.3, 0.4) is 0 Å². The summed E-state index contributed by atoms with van der Waals surface area (Å²) in [6.07, 6.45) is 3.39. The highest BCUT2D eigenvalue weighted by Gasteiger charge is 2.41. The third-order valence-corrected chi connectivity index (χ3v) is 4.60. The van der Waals surface area contributed by atoms with Crippen LogP contribution in [0, 0.1) is 5.41 Å². The van der Waals surface area contributed by atoms with Crippen molar-refractivity contribution in [2.75, 3.05) is 19.7 Å². The molecule has 0 aromatic rings. The van der Waals surface area contributed by atoms with Gasteiger partial charge in [-0.15, -0.1) is 0 Å². The van der Waals surface area contributed by atoms with E-state index in [9.17, 15) is 4.79 Å². The van der Waals surface area contributed by atoms with Gasteiger partial charge in [0.15, 0.2) is 0 Å². The van der Waals surface area contributed by atoms with Gasteiger partial charge < -0.3 is 15.0 Å². The van der Waals surface area contributed by atoms with E-state index >= 15 is 0 Å². The van der Waals surface area contributed by atoms with Crippen molar-refractivity contribution in [1.82, 2.24) is 10.2 Å². The first-order valence-corrected chi connectivity index (χ1v) is 7.61. The highest BCUT2D eigenvalue weighted by atomic mass is 16.5. The molecule has 2 fully saturated rings. The molecule has 2 saturated heterocycles. The zero-order valence-corrected chi connectivity index (χ0v) is 12.7. The predicted octanol–water partition coefficient (Wildman–Crippen LogP) is 1.79. The molecule has 1 amide bonds. The van der Waals surface area contributed by atoms with E-state index in [0.29, 0.717) is 6.61 Å². The first-order chi connectivity index (χ1) is 8.95. The van der Waals surface area contributed by atoms with Crippen molar-refractivity contribution in [2.24, 2.45) is 5.41 Å². The number of nitrogens with one attached hydrogen (secondary N) is 1. The second-order valence-corrected chi connectivity index (χ2v) is 6.68. The molecule has 2 rings (SSSR count). The van der Waals surface area contributed by atoms with Crippen LogP contribution in [0.1, 0.15) is 47.0 Å². The number of hydrogen-bond acceptors (Lipinski definition) is 3. The van der Waals surface area contributed by atoms with E-state index in [-0.39, 0.29) is 29.5 Å². The van der Waals surface area contributed by atoms with Crippen LogP contribution in [0.25, 0.3) is 0 Å². The van der Waals surface area contributed by atoms with Crippen LogP contribution in [-0.2, 0) is 9.53 Å². The molecule has 4 heteroatoms. The van der Waals surface area contributed by atoms with Crippen LogP contribution >= 0.6 is 0 Å². The van der Waals surface area contributed by atoms with E-state index in [0.717, 1.165) is 32.4 Å². The predicted molar refractivity (Wildman–Crippen MR) is 76.0 cm³/mol. The zero-order valence-electron chi connectivity index (χ0n) is 12.7. The lowest BCUT2D eigenvalue weighted by atomic mass is 9.76. The average Bonchev–Trinajstić information content (AvgIpc) is 2.37. The molecule has 0 saturated carbocycles. The average molecular weight is 268 g/mol. The van der Waals surface area contributed by atoms with Gasteiger partial charge in [0, 0.05) is 6.54 Å². The van der Waals surface area contributed by atoms with Gasteiger partial charge >= 0.3 is 0 Å². The van der Waals surface area contributed by atoms with Gasteiger partial charge in [-0.3, -0.25) is 4.79 Å². The molecule has 0 aromatic heterocycles. The number of piperidine rings is 1. The van der Waals surface area contributed by atoms with Crippen LogP contribution < -0.4 is 5.32 Å². The number of ether oxygens (including phenoxy) is 1. The van der Waals surface area contributed by atoms with Crippen LogP contribution in [0.4, 0.5) is 0 Å². The Morgan fingerprint density at radius 3 is 2.84 bits per heavy atom. The molecule has 4 nitrogen and oxygen atoms in total. The Bertz CT molecular complexity index is 330. The summed E-state index contributed by atoms with van der Waals surface area (Å²) < 4.78 is 5.69. The Hall–Kier alpha value is -0.610. The largest absolute Gasteiger partial charge is 0.375 e. The Kier molecular flexibility index (Phi) is 4.51. The summed E-state index contributed by atoms with van der Waals surface area (Å²) in [6, 6.07) is 0.198. The maximum Gasteiger partial charge on any atom is 0.240 e. The monoisotopic (exact) mass is 268 g/mol. The molecule has 1 N–H and O–H groups in total. The SMILES string of the molecule is CCC1COC(C)CN1C(=O)C1NCCCC1(C)C. The van der Waals surface area contributed by atoms with Crippen LogP contribution in [0.5, 0.6) is 0 Å². The number of rotatable bonds is 2. The van der Waals surface area contributed by atoms with Gasteiger partial charge in [0.1, 0.15) is 0 Å². The quantitative estimate of drug-likeness (QED) is 0.830. The summed E-state index contributed by atoms with van der Waals surface area (Å²) >= 11 is 0. The van der Waals surface area contributed by atoms with Gasteiger partial charge in [0.2, 0.25) is 5.91 Å². The van der Waals surface area contributed by atoms with E-state index in [1.165, 1.54) is 0 Å². The van der Waals surface area contributed by atoms with Crippen molar-refractivity contribution in [3.05, 3.63) is 0 Å². The van der Waals surface area contributed by atoms with Gasteiger partial charge in [-0.25, -0.2) is 0 Å². The lowest BCUT2D eigenvalue weighted by Gasteiger charge is -2.45. The number of amides is 1. The summed E-state index contributed by atoms with van der Waals surface area (Å²) in [6.45, 7) is 10.9. The molecule has 0 radical (unpaired) electrons. The minimum atomic E-state index is -0.0411. The minimum absolute atomic E-state index is 0.0411. The minimum Gasteiger partial charge on any atom is -0.375 e. The van der Waals surface area contributed by atoms with Gasteiger partial charge in [0.05, 0.1) is 24.8 Å². The second-order valence-electron chi connectivity index (χ2n) is 6.68. The molecule has 0 aromatic carbocycles. The highest BCUT2D eigenvalue weighted by Crippen LogP contribution is 2.32. The van der Waals surface area contributed by atoms with E-state index in [4.69, 9.17) is 4.74 Å². The third kappa shape index (κ3) is 3.11. The number of hydrogen-bond donors (Lipinski definition) is 1. The van der Waals surface area contributed by atoms with Crippen molar-refractivity contribution >= 4 is 5.91 Å². The second kappa shape index (κ2) is 5.80. The fourth-order valence-corrected chi connectivity index (χ4v) is 3.25. The van der Waals surface area contributed by atoms with E-state index < -0.39 is 0 Å². The molecule has 2 heterocycles. The molecule has 2 aliphatic rings. The van der Waals surface area contributed by atoms with Crippen LogP contribution in [-0.4, -0.2) is 48.7 Å². The van der Waals surface area contributed by atoms with Crippen molar-refractivity contribution in [1.29, 1.82) is 0 Å². The van der Waals surface area contributed by atoms with Crippen molar-refractivity contribution in [2.45, 2.75) is 65.1 Å². The maximum absolute atomic E-state index is 12.9. The molecule has 2 aliphatic heterocycles. The molecule has 0 bridgehead atoms. The number of morpholine rings is 1. The summed E-state index contributed by atoms with van der Waals surface area (Å²) in [7, 11) is 0. The van der Waals surface area contributed by atoms with E-state index in [1.807, 2.05) is 6.92 Å². The Morgan fingerprint density at radius 2 is 2.21 bits per heavy atom. The summed E-state index contributed by atoms with van der Waals surface area (Å²) in [5, 5.41) is 3.43. The lowest BCUT2D eigenvalue weighted by molar-refractivity contribution is -0.150. The van der Waals surface area contributed by atoms with Gasteiger partial charge in [-0.2, -0.15) is 0 Å². The molecule has 3 unspecified atom stereocenters. The fourth-order valence-electron chi connectivity index (χ4n) is 3.25. The summed E-state index contributed by atoms with van der Waals surface area (Å²) in [4.78, 5) is 14.9. The van der Waals surface area contributed by atoms with E-state index in [2.05, 4.69) is 31.0 Å². The molecule has 110 valence electrons. The van der Waals surface area contributed by atoms with E-state index in [1.54, 1.807) is 0 Å². The molecule has 0 aliphatic carbocycles. The molecule has 0 spiro atoms. The van der Waals surface area contributed by atoms with Crippen molar-refractivity contribution in [3.63, 3.8) is 0 Å². The standard InChI is InChI=1S/C15H28N2O2/c1-5-12-10-19-11(2)9-17(12)14(18)13-15(3,4)7-6-8-16-13/h11-13,16H,5-10H2,1-4H3. The third-order valence-electron chi connectivity index (χ3n) is 4.60. The lowest BCUT2D eigenvalue weighted by Crippen LogP contribution is -2.61. The fraction of sp³-hybridized carbons (Fsp3) is 0.933. The highest BCUT2D eigenvalue weighted by molar-refractivity contribution is 5.83. The Balaban J connectivity index is 2.12. The number of carbonyl (C=O) groups excluding carboxylic acids is 1. The molecule has 3 atom stereocenters. The van der Waals surface area contributed by atoms with Crippen LogP contribution in [0.15, 0.2) is 0 Å². The smallest absolute Gasteiger partial charge is 0.240 e. The normalized spacial score (nSPS) is 35.2. The Labute approximate surface area is 116 Å². The van der Waals surface area contributed by atoms with Gasteiger partial charge in [-0.05, 0) is 38.1 Å². The topological polar surface area (TPSA) is 41.6 Å². The maximum atomic E-state index is 12.9. The van der Waals surface area contributed by atoms with Crippen molar-refractivity contribution in [3.8, 4) is 0 Å². The first-order valence-electron chi connectivity index (χ1n) is 7.61. The number of nitrogens with zero attached hydrogens (tertiary/aromatic N) is 1. The molecule has 19 heavy (non-hydrogen) atoms. The molecular formula is C15H28N2O2. The number of carbonyl (C=O) groups is 1. The summed E-state index contributed by atoms with van der Waals surface area (Å²) in [5.41, 5.74) is 0.0508. The van der Waals surface area contributed by atoms with Gasteiger partial charge in [0.25, 0.3) is 0 Å². The van der Waals surface area contributed by atoms with Gasteiger partial charge in [-0.1, -0.05) is 20.8 Å².